The first-order valence-electron chi connectivity index (χ1n) is 6.09. The Balaban J connectivity index is 0. The summed E-state index contributed by atoms with van der Waals surface area (Å²) in [7, 11) is 0. The molecular weight excluding hydrogens is 247 g/mol. The van der Waals surface area contributed by atoms with E-state index in [1.165, 1.54) is 32.1 Å². The van der Waals surface area contributed by atoms with Crippen LogP contribution >= 0.6 is 0 Å². The van der Waals surface area contributed by atoms with Crippen molar-refractivity contribution in [2.45, 2.75) is 51.9 Å². The molecule has 0 aliphatic carbocycles. The van der Waals surface area contributed by atoms with Crippen LogP contribution in [0.3, 0.4) is 0 Å². The zero-order chi connectivity index (χ0) is 13.5. The van der Waals surface area contributed by atoms with E-state index in [2.05, 4.69) is 13.2 Å². The van der Waals surface area contributed by atoms with Crippen LogP contribution in [-0.4, -0.2) is 71.1 Å². The van der Waals surface area contributed by atoms with E-state index in [0.717, 1.165) is 49.0 Å². The van der Waals surface area contributed by atoms with Crippen LogP contribution in [0.25, 0.3) is 0 Å². The molecule has 0 radical (unpaired) electrons. The molecule has 94 valence electrons. The van der Waals surface area contributed by atoms with E-state index < -0.39 is 11.9 Å². The maximum absolute atomic E-state index is 9.64. The van der Waals surface area contributed by atoms with Gasteiger partial charge in [0.1, 0.15) is 0 Å². The van der Waals surface area contributed by atoms with E-state index in [1.54, 1.807) is 0 Å². The maximum atomic E-state index is 9.64. The molecule has 0 amide bonds. The number of allylic oxidation sites excluding steroid dienone is 1. The van der Waals surface area contributed by atoms with Gasteiger partial charge in [-0.15, -0.1) is 0 Å². The van der Waals surface area contributed by atoms with Gasteiger partial charge in [-0.05, 0) is 0 Å². The minimum Gasteiger partial charge on any atom is -0.481 e. The number of hydrogen-bond acceptors (Lipinski definition) is 2. The summed E-state index contributed by atoms with van der Waals surface area (Å²) < 4.78 is 2.32. The van der Waals surface area contributed by atoms with Crippen LogP contribution < -0.4 is 0 Å². The predicted molar refractivity (Wildman–Crippen MR) is 68.2 cm³/mol. The summed E-state index contributed by atoms with van der Waals surface area (Å²) in [4.78, 5) is 19.3. The van der Waals surface area contributed by atoms with Crippen molar-refractivity contribution in [3.05, 3.63) is 6.25 Å². The maximum Gasteiger partial charge on any atom is 0.303 e. The number of aliphatic carboxylic acids is 2. The molecule has 0 saturated carbocycles. The van der Waals surface area contributed by atoms with E-state index in [1.807, 2.05) is 0 Å². The molecule has 0 unspecified atom stereocenters. The first-order chi connectivity index (χ1) is 8.04. The number of carboxylic acid groups (broad SMARTS) is 2. The molecule has 0 aliphatic rings. The van der Waals surface area contributed by atoms with Crippen molar-refractivity contribution >= 4 is 60.9 Å². The van der Waals surface area contributed by atoms with Crippen molar-refractivity contribution in [3.8, 4) is 0 Å². The average Bonchev–Trinajstić information content (AvgIpc) is 2.27. The van der Waals surface area contributed by atoms with Crippen LogP contribution in [0.2, 0.25) is 0 Å². The van der Waals surface area contributed by atoms with Crippen LogP contribution in [0.1, 0.15) is 51.9 Å². The molecule has 0 aliphatic heterocycles. The minimum absolute atomic E-state index is 0.296. The van der Waals surface area contributed by atoms with Gasteiger partial charge in [-0.3, -0.25) is 9.59 Å². The Hall–Kier alpha value is 0.316. The van der Waals surface area contributed by atoms with Gasteiger partial charge in [-0.1, -0.05) is 0 Å². The average molecular weight is 268 g/mol. The van der Waals surface area contributed by atoms with Crippen LogP contribution in [0.4, 0.5) is 0 Å². The largest absolute Gasteiger partial charge is 0.481 e. The third kappa shape index (κ3) is 26.1. The summed E-state index contributed by atoms with van der Waals surface area (Å²) >= 11 is 0.928. The molecule has 0 heterocycles. The van der Waals surface area contributed by atoms with Gasteiger partial charge < -0.3 is 10.2 Å². The second-order valence-electron chi connectivity index (χ2n) is 3.71. The zero-order valence-electron chi connectivity index (χ0n) is 10.8. The number of carbonyl (C=O) groups is 2. The van der Waals surface area contributed by atoms with Crippen LogP contribution in [0.15, 0.2) is 6.25 Å². The van der Waals surface area contributed by atoms with E-state index in [-0.39, 0.29) is 12.8 Å². The summed E-state index contributed by atoms with van der Waals surface area (Å²) in [5.41, 5.74) is 0. The molecule has 4 nitrogen and oxygen atoms in total. The first kappa shape index (κ1) is 19.7. The fourth-order valence-corrected chi connectivity index (χ4v) is 1.59. The molecule has 17 heavy (non-hydrogen) atoms. The number of hydrogen-bond donors (Lipinski definition) is 2. The third-order valence-electron chi connectivity index (χ3n) is 2.01. The fraction of sp³-hybridized carbons (Fsp3) is 0.667. The Morgan fingerprint density at radius 3 is 1.94 bits per heavy atom. The van der Waals surface area contributed by atoms with Crippen molar-refractivity contribution in [3.63, 3.8) is 0 Å². The van der Waals surface area contributed by atoms with Gasteiger partial charge in [-0.2, -0.15) is 0 Å². The molecular formula is C12H21KO4. The van der Waals surface area contributed by atoms with Gasteiger partial charge in [0.15, 0.2) is 0 Å². The molecule has 0 saturated heterocycles. The first-order valence-corrected chi connectivity index (χ1v) is 7.89. The fourth-order valence-electron chi connectivity index (χ4n) is 1.07. The molecule has 5 heteroatoms. The van der Waals surface area contributed by atoms with Crippen molar-refractivity contribution < 1.29 is 19.8 Å². The molecule has 0 atom stereocenters. The molecule has 0 spiro atoms. The Morgan fingerprint density at radius 1 is 1.06 bits per heavy atom. The van der Waals surface area contributed by atoms with Crippen molar-refractivity contribution in [2.75, 3.05) is 0 Å². The predicted octanol–water partition coefficient (Wildman–Crippen LogP) is 2.57. The summed E-state index contributed by atoms with van der Waals surface area (Å²) in [6.45, 7) is 2.25. The van der Waals surface area contributed by atoms with E-state index in [0.29, 0.717) is 0 Å². The third-order valence-corrected chi connectivity index (χ3v) is 2.75. The molecule has 2 N–H and O–H groups in total. The van der Waals surface area contributed by atoms with Gasteiger partial charge in [0.05, 0.1) is 12.8 Å². The molecule has 0 rings (SSSR count). The smallest absolute Gasteiger partial charge is 0.303 e. The molecule has 0 fully saturated rings. The summed E-state index contributed by atoms with van der Waals surface area (Å²) in [5, 5.41) is 15.8. The molecule has 0 bridgehead atoms. The summed E-state index contributed by atoms with van der Waals surface area (Å²) in [6.07, 6.45) is 8.66. The number of carboxylic acids is 2. The van der Waals surface area contributed by atoms with Crippen molar-refractivity contribution in [1.82, 2.24) is 0 Å². The molecule has 0 aromatic rings. The summed E-state index contributed by atoms with van der Waals surface area (Å²) in [5.74, 6) is -2.15. The summed E-state index contributed by atoms with van der Waals surface area (Å²) in [6, 6.07) is 0. The topological polar surface area (TPSA) is 74.6 Å². The Bertz CT molecular complexity index is 213. The molecule has 0 aromatic carbocycles. The molecule has 0 aromatic heterocycles. The standard InChI is InChI=1S/C8H15.C4H6O4.K/c1-3-5-7-8-6-4-2;5-3(6)1-2-4(7)8;/h1,3H,4-8H2,2H3;1-2H2,(H,5,6)(H,7,8);. The Morgan fingerprint density at radius 2 is 1.59 bits per heavy atom. The normalized spacial score (nSPS) is 9.82. The van der Waals surface area contributed by atoms with Crippen LogP contribution in [0, 0.1) is 0 Å². The Kier molecular flexibility index (Phi) is 18.9. The number of unbranched alkanes of at least 4 members (excludes halogenated alkanes) is 4. The van der Waals surface area contributed by atoms with Gasteiger partial charge in [0, 0.05) is 0 Å². The second-order valence-corrected chi connectivity index (χ2v) is 4.75. The van der Waals surface area contributed by atoms with E-state index >= 15 is 0 Å². The second kappa shape index (κ2) is 16.3. The van der Waals surface area contributed by atoms with Gasteiger partial charge in [0.25, 0.3) is 0 Å². The van der Waals surface area contributed by atoms with Gasteiger partial charge in [0.2, 0.25) is 0 Å². The van der Waals surface area contributed by atoms with Crippen LogP contribution in [0.5, 0.6) is 0 Å². The zero-order valence-corrected chi connectivity index (χ0v) is 13.9. The minimum atomic E-state index is -1.08. The van der Waals surface area contributed by atoms with Crippen molar-refractivity contribution in [2.24, 2.45) is 0 Å². The quantitative estimate of drug-likeness (QED) is 0.524. The van der Waals surface area contributed by atoms with E-state index in [9.17, 15) is 9.59 Å². The monoisotopic (exact) mass is 268 g/mol. The van der Waals surface area contributed by atoms with Gasteiger partial charge >= 0.3 is 106 Å². The SMILES string of the molecule is CCCCCCC=[CH][K].O=C(O)CCC(=O)O. The van der Waals surface area contributed by atoms with Gasteiger partial charge in [-0.25, -0.2) is 0 Å². The van der Waals surface area contributed by atoms with Crippen LogP contribution in [-0.2, 0) is 9.59 Å². The van der Waals surface area contributed by atoms with Crippen molar-refractivity contribution in [1.29, 1.82) is 0 Å². The Labute approximate surface area is 137 Å². The van der Waals surface area contributed by atoms with E-state index in [4.69, 9.17) is 10.2 Å². The number of rotatable bonds is 8.